The number of thiol groups is 1. The molecule has 2 fully saturated rings. The molecule has 2 amide bonds. The molecule has 106 valence electrons. The zero-order chi connectivity index (χ0) is 14.3. The molecular weight excluding hydrogens is 272 g/mol. The van der Waals surface area contributed by atoms with Crippen LogP contribution in [0.4, 0.5) is 11.4 Å². The highest BCUT2D eigenvalue weighted by atomic mass is 32.1. The topological polar surface area (TPSA) is 40.6 Å². The summed E-state index contributed by atoms with van der Waals surface area (Å²) in [5.74, 6) is 0.308. The summed E-state index contributed by atoms with van der Waals surface area (Å²) in [7, 11) is 0. The molecule has 1 unspecified atom stereocenters. The van der Waals surface area contributed by atoms with E-state index in [1.807, 2.05) is 30.0 Å². The number of hydrogen-bond acceptors (Lipinski definition) is 3. The van der Waals surface area contributed by atoms with Gasteiger partial charge in [0, 0.05) is 42.6 Å². The van der Waals surface area contributed by atoms with Crippen molar-refractivity contribution in [3.63, 3.8) is 0 Å². The number of anilines is 2. The fourth-order valence-corrected chi connectivity index (χ4v) is 3.27. The van der Waals surface area contributed by atoms with Crippen molar-refractivity contribution in [3.05, 3.63) is 23.8 Å². The third-order valence-corrected chi connectivity index (χ3v) is 4.31. The van der Waals surface area contributed by atoms with Crippen molar-refractivity contribution in [2.24, 2.45) is 0 Å². The van der Waals surface area contributed by atoms with Crippen LogP contribution in [0.5, 0.6) is 0 Å². The van der Waals surface area contributed by atoms with E-state index in [2.05, 4.69) is 12.6 Å². The number of nitrogens with zero attached hydrogens (tertiary/aromatic N) is 2. The summed E-state index contributed by atoms with van der Waals surface area (Å²) in [6.07, 6.45) is 2.05. The lowest BCUT2D eigenvalue weighted by molar-refractivity contribution is -0.117. The van der Waals surface area contributed by atoms with Crippen LogP contribution in [0.25, 0.3) is 0 Å². The monoisotopic (exact) mass is 290 g/mol. The second kappa shape index (κ2) is 5.13. The van der Waals surface area contributed by atoms with Crippen molar-refractivity contribution in [1.29, 1.82) is 0 Å². The Morgan fingerprint density at radius 3 is 2.55 bits per heavy atom. The Bertz CT molecular complexity index is 573. The van der Waals surface area contributed by atoms with Crippen molar-refractivity contribution in [2.75, 3.05) is 22.9 Å². The number of benzene rings is 1. The summed E-state index contributed by atoms with van der Waals surface area (Å²) in [5, 5.41) is 0.114. The van der Waals surface area contributed by atoms with Crippen LogP contribution in [0.3, 0.4) is 0 Å². The lowest BCUT2D eigenvalue weighted by atomic mass is 10.1. The van der Waals surface area contributed by atoms with E-state index in [1.54, 1.807) is 4.90 Å². The molecular formula is C15H18N2O2S. The highest BCUT2D eigenvalue weighted by molar-refractivity contribution is 7.81. The molecule has 1 aromatic rings. The van der Waals surface area contributed by atoms with Crippen LogP contribution in [-0.4, -0.2) is 30.2 Å². The van der Waals surface area contributed by atoms with Crippen molar-refractivity contribution in [1.82, 2.24) is 0 Å². The first kappa shape index (κ1) is 13.5. The maximum Gasteiger partial charge on any atom is 0.228 e. The van der Waals surface area contributed by atoms with E-state index >= 15 is 0 Å². The smallest absolute Gasteiger partial charge is 0.228 e. The first-order chi connectivity index (χ1) is 9.56. The third kappa shape index (κ3) is 2.30. The van der Waals surface area contributed by atoms with Gasteiger partial charge in [-0.15, -0.1) is 0 Å². The number of amides is 2. The molecule has 1 atom stereocenters. The van der Waals surface area contributed by atoms with Gasteiger partial charge in [-0.1, -0.05) is 0 Å². The van der Waals surface area contributed by atoms with Gasteiger partial charge < -0.3 is 9.80 Å². The molecule has 2 aliphatic rings. The van der Waals surface area contributed by atoms with Gasteiger partial charge in [0.15, 0.2) is 0 Å². The molecule has 0 aromatic heterocycles. The second-order valence-electron chi connectivity index (χ2n) is 5.48. The lowest BCUT2D eigenvalue weighted by Crippen LogP contribution is -2.26. The average Bonchev–Trinajstić information content (AvgIpc) is 2.95. The van der Waals surface area contributed by atoms with Crippen molar-refractivity contribution in [3.8, 4) is 0 Å². The Kier molecular flexibility index (Phi) is 3.46. The minimum atomic E-state index is 0.114. The number of rotatable bonds is 2. The first-order valence-corrected chi connectivity index (χ1v) is 7.47. The van der Waals surface area contributed by atoms with Gasteiger partial charge in [-0.2, -0.15) is 12.6 Å². The quantitative estimate of drug-likeness (QED) is 0.848. The van der Waals surface area contributed by atoms with Gasteiger partial charge in [0.2, 0.25) is 11.8 Å². The average molecular weight is 290 g/mol. The van der Waals surface area contributed by atoms with Crippen LogP contribution in [-0.2, 0) is 9.59 Å². The van der Waals surface area contributed by atoms with Gasteiger partial charge in [0.1, 0.15) is 0 Å². The summed E-state index contributed by atoms with van der Waals surface area (Å²) in [5.41, 5.74) is 2.90. The van der Waals surface area contributed by atoms with Gasteiger partial charge >= 0.3 is 0 Å². The molecule has 0 spiro atoms. The minimum Gasteiger partial charge on any atom is -0.312 e. The predicted molar refractivity (Wildman–Crippen MR) is 82.5 cm³/mol. The fourth-order valence-electron chi connectivity index (χ4n) is 2.95. The Hall–Kier alpha value is -1.49. The Morgan fingerprint density at radius 2 is 2.00 bits per heavy atom. The van der Waals surface area contributed by atoms with Crippen molar-refractivity contribution >= 4 is 35.8 Å². The van der Waals surface area contributed by atoms with E-state index < -0.39 is 0 Å². The normalized spacial score (nSPS) is 23.0. The molecule has 2 aliphatic heterocycles. The Labute approximate surface area is 124 Å². The molecule has 2 saturated heterocycles. The summed E-state index contributed by atoms with van der Waals surface area (Å²) < 4.78 is 0. The number of hydrogen-bond donors (Lipinski definition) is 1. The van der Waals surface area contributed by atoms with Crippen molar-refractivity contribution in [2.45, 2.75) is 31.4 Å². The van der Waals surface area contributed by atoms with Crippen LogP contribution >= 0.6 is 12.6 Å². The molecule has 2 heterocycles. The summed E-state index contributed by atoms with van der Waals surface area (Å²) in [6.45, 7) is 3.44. The van der Waals surface area contributed by atoms with E-state index in [9.17, 15) is 9.59 Å². The van der Waals surface area contributed by atoms with E-state index in [-0.39, 0.29) is 17.1 Å². The third-order valence-electron chi connectivity index (χ3n) is 3.96. The zero-order valence-electron chi connectivity index (χ0n) is 11.5. The second-order valence-corrected chi connectivity index (χ2v) is 6.21. The summed E-state index contributed by atoms with van der Waals surface area (Å²) >= 11 is 4.37. The number of aryl methyl sites for hydroxylation is 1. The molecule has 0 aliphatic carbocycles. The largest absolute Gasteiger partial charge is 0.312 e. The van der Waals surface area contributed by atoms with Gasteiger partial charge in [-0.05, 0) is 37.1 Å². The van der Waals surface area contributed by atoms with E-state index in [0.717, 1.165) is 29.9 Å². The molecule has 5 heteroatoms. The van der Waals surface area contributed by atoms with Gasteiger partial charge in [-0.25, -0.2) is 0 Å². The Morgan fingerprint density at radius 1 is 1.20 bits per heavy atom. The predicted octanol–water partition coefficient (Wildman–Crippen LogP) is 2.16. The van der Waals surface area contributed by atoms with E-state index in [4.69, 9.17) is 0 Å². The van der Waals surface area contributed by atoms with E-state index in [0.29, 0.717) is 19.4 Å². The molecule has 0 N–H and O–H groups in total. The standard InChI is InChI=1S/C15H18N2O2S/c1-10-7-11(17-9-12(20)8-15(17)19)4-5-13(10)16-6-2-3-14(16)18/h4-5,7,12,20H,2-3,6,8-9H2,1H3. The number of carbonyl (C=O) groups is 2. The minimum absolute atomic E-state index is 0.114. The highest BCUT2D eigenvalue weighted by Gasteiger charge is 2.29. The lowest BCUT2D eigenvalue weighted by Gasteiger charge is -2.22. The van der Waals surface area contributed by atoms with Crippen LogP contribution in [0.15, 0.2) is 18.2 Å². The molecule has 3 rings (SSSR count). The highest BCUT2D eigenvalue weighted by Crippen LogP contribution is 2.31. The zero-order valence-corrected chi connectivity index (χ0v) is 12.4. The Balaban J connectivity index is 1.88. The van der Waals surface area contributed by atoms with Gasteiger partial charge in [-0.3, -0.25) is 9.59 Å². The molecule has 0 radical (unpaired) electrons. The van der Waals surface area contributed by atoms with Gasteiger partial charge in [0.05, 0.1) is 0 Å². The van der Waals surface area contributed by atoms with Crippen molar-refractivity contribution < 1.29 is 9.59 Å². The fraction of sp³-hybridized carbons (Fsp3) is 0.467. The molecule has 4 nitrogen and oxygen atoms in total. The SMILES string of the molecule is Cc1cc(N2CC(S)CC2=O)ccc1N1CCCC1=O. The van der Waals surface area contributed by atoms with Gasteiger partial charge in [0.25, 0.3) is 0 Å². The maximum absolute atomic E-state index is 11.9. The number of carbonyl (C=O) groups excluding carboxylic acids is 2. The molecule has 1 aromatic carbocycles. The van der Waals surface area contributed by atoms with Crippen LogP contribution in [0, 0.1) is 6.92 Å². The first-order valence-electron chi connectivity index (χ1n) is 6.95. The molecule has 20 heavy (non-hydrogen) atoms. The van der Waals surface area contributed by atoms with Crippen LogP contribution in [0.2, 0.25) is 0 Å². The maximum atomic E-state index is 11.9. The van der Waals surface area contributed by atoms with E-state index in [1.165, 1.54) is 0 Å². The summed E-state index contributed by atoms with van der Waals surface area (Å²) in [6, 6.07) is 5.87. The molecule has 0 bridgehead atoms. The summed E-state index contributed by atoms with van der Waals surface area (Å²) in [4.78, 5) is 27.3. The molecule has 0 saturated carbocycles. The van der Waals surface area contributed by atoms with Crippen LogP contribution < -0.4 is 9.80 Å². The van der Waals surface area contributed by atoms with Crippen LogP contribution in [0.1, 0.15) is 24.8 Å².